The predicted octanol–water partition coefficient (Wildman–Crippen LogP) is 2.80. The molecule has 1 aliphatic heterocycles. The zero-order valence-corrected chi connectivity index (χ0v) is 14.0. The average Bonchev–Trinajstić information content (AvgIpc) is 2.89. The molecule has 0 spiro atoms. The molecule has 0 aromatic heterocycles. The quantitative estimate of drug-likeness (QED) is 0.934. The van der Waals surface area contributed by atoms with Crippen molar-refractivity contribution < 1.29 is 13.5 Å². The van der Waals surface area contributed by atoms with Gasteiger partial charge in [-0.3, -0.25) is 0 Å². The minimum atomic E-state index is -3.47. The van der Waals surface area contributed by atoms with Crippen molar-refractivity contribution in [2.45, 2.75) is 45.1 Å². The van der Waals surface area contributed by atoms with E-state index < -0.39 is 16.1 Å². The zero-order chi connectivity index (χ0) is 15.8. The number of benzene rings is 1. The number of nitrogens with zero attached hydrogens (tertiary/aromatic N) is 1. The Kier molecular flexibility index (Phi) is 4.47. The second kappa shape index (κ2) is 5.71. The number of hydrogen-bond acceptors (Lipinski definition) is 3. The fourth-order valence-electron chi connectivity index (χ4n) is 2.74. The molecule has 2 unspecified atom stereocenters. The summed E-state index contributed by atoms with van der Waals surface area (Å²) >= 11 is 0. The molecule has 2 rings (SSSR count). The van der Waals surface area contributed by atoms with Crippen molar-refractivity contribution in [2.24, 2.45) is 11.3 Å². The van der Waals surface area contributed by atoms with Crippen LogP contribution >= 0.6 is 0 Å². The molecule has 1 aromatic carbocycles. The molecule has 0 aliphatic carbocycles. The van der Waals surface area contributed by atoms with Gasteiger partial charge >= 0.3 is 0 Å². The molecule has 0 amide bonds. The monoisotopic (exact) mass is 311 g/mol. The molecule has 1 aliphatic rings. The van der Waals surface area contributed by atoms with Crippen LogP contribution < -0.4 is 0 Å². The summed E-state index contributed by atoms with van der Waals surface area (Å²) in [5.41, 5.74) is 0.744. The highest BCUT2D eigenvalue weighted by atomic mass is 32.2. The summed E-state index contributed by atoms with van der Waals surface area (Å²) in [6.45, 7) is 9.25. The van der Waals surface area contributed by atoms with E-state index in [9.17, 15) is 13.5 Å². The first-order chi connectivity index (χ1) is 9.62. The summed E-state index contributed by atoms with van der Waals surface area (Å²) in [7, 11) is -3.47. The lowest BCUT2D eigenvalue weighted by Crippen LogP contribution is -2.31. The summed E-state index contributed by atoms with van der Waals surface area (Å²) in [5.74, 6) is 0.382. The molecular weight excluding hydrogens is 286 g/mol. The molecule has 0 bridgehead atoms. The Morgan fingerprint density at radius 1 is 1.33 bits per heavy atom. The Morgan fingerprint density at radius 2 is 2.00 bits per heavy atom. The summed E-state index contributed by atoms with van der Waals surface area (Å²) < 4.78 is 27.0. The van der Waals surface area contributed by atoms with Crippen molar-refractivity contribution in [1.82, 2.24) is 4.31 Å². The highest BCUT2D eigenvalue weighted by molar-refractivity contribution is 7.89. The van der Waals surface area contributed by atoms with Crippen molar-refractivity contribution in [1.29, 1.82) is 0 Å². The Hall–Kier alpha value is -0.910. The number of sulfonamides is 1. The van der Waals surface area contributed by atoms with Gasteiger partial charge in [-0.25, -0.2) is 8.42 Å². The Balaban J connectivity index is 2.26. The van der Waals surface area contributed by atoms with Crippen LogP contribution in [-0.2, 0) is 10.0 Å². The highest BCUT2D eigenvalue weighted by Gasteiger charge is 2.37. The van der Waals surface area contributed by atoms with E-state index in [1.165, 1.54) is 0 Å². The zero-order valence-electron chi connectivity index (χ0n) is 13.2. The third-order valence-corrected chi connectivity index (χ3v) is 6.22. The van der Waals surface area contributed by atoms with Gasteiger partial charge in [0.2, 0.25) is 10.0 Å². The lowest BCUT2D eigenvalue weighted by atomic mass is 9.80. The molecule has 118 valence electrons. The van der Waals surface area contributed by atoms with Crippen LogP contribution in [0.4, 0.5) is 0 Å². The van der Waals surface area contributed by atoms with Gasteiger partial charge in [0.25, 0.3) is 0 Å². The molecule has 1 N–H and O–H groups in total. The third-order valence-electron chi connectivity index (χ3n) is 4.35. The van der Waals surface area contributed by atoms with Crippen molar-refractivity contribution in [3.63, 3.8) is 0 Å². The molecule has 1 fully saturated rings. The molecular formula is C16H25NO3S. The van der Waals surface area contributed by atoms with Crippen molar-refractivity contribution in [3.05, 3.63) is 29.8 Å². The predicted molar refractivity (Wildman–Crippen MR) is 83.4 cm³/mol. The van der Waals surface area contributed by atoms with Crippen LogP contribution in [-0.4, -0.2) is 30.9 Å². The van der Waals surface area contributed by atoms with Crippen LogP contribution in [0.15, 0.2) is 29.2 Å². The van der Waals surface area contributed by atoms with Crippen LogP contribution in [0.25, 0.3) is 0 Å². The molecule has 5 heteroatoms. The van der Waals surface area contributed by atoms with E-state index in [2.05, 4.69) is 20.8 Å². The lowest BCUT2D eigenvalue weighted by molar-refractivity contribution is 0.199. The topological polar surface area (TPSA) is 57.6 Å². The van der Waals surface area contributed by atoms with Crippen molar-refractivity contribution in [2.75, 3.05) is 13.1 Å². The van der Waals surface area contributed by atoms with Gasteiger partial charge in [0, 0.05) is 13.1 Å². The van der Waals surface area contributed by atoms with E-state index in [4.69, 9.17) is 0 Å². The first kappa shape index (κ1) is 16.5. The van der Waals surface area contributed by atoms with Gasteiger partial charge in [-0.05, 0) is 42.4 Å². The minimum Gasteiger partial charge on any atom is -0.389 e. The van der Waals surface area contributed by atoms with Gasteiger partial charge in [-0.1, -0.05) is 32.9 Å². The summed E-state index contributed by atoms with van der Waals surface area (Å²) in [6.07, 6.45) is 0.236. The summed E-state index contributed by atoms with van der Waals surface area (Å²) in [6, 6.07) is 6.61. The molecule has 0 saturated carbocycles. The van der Waals surface area contributed by atoms with Crippen molar-refractivity contribution >= 4 is 10.0 Å². The van der Waals surface area contributed by atoms with Gasteiger partial charge in [0.1, 0.15) is 0 Å². The normalized spacial score (nSPS) is 22.4. The van der Waals surface area contributed by atoms with Gasteiger partial charge in [0.15, 0.2) is 0 Å². The van der Waals surface area contributed by atoms with Crippen LogP contribution in [0, 0.1) is 11.3 Å². The fourth-order valence-corrected chi connectivity index (χ4v) is 4.29. The SMILES string of the molecule is CC(O)c1cccc(S(=O)(=O)N2CCC(C(C)(C)C)C2)c1. The number of aliphatic hydroxyl groups is 1. The average molecular weight is 311 g/mol. The molecule has 2 atom stereocenters. The fraction of sp³-hybridized carbons (Fsp3) is 0.625. The smallest absolute Gasteiger partial charge is 0.243 e. The second-order valence-corrected chi connectivity index (χ2v) is 8.90. The van der Waals surface area contributed by atoms with E-state index in [1.807, 2.05) is 0 Å². The highest BCUT2D eigenvalue weighted by Crippen LogP contribution is 2.36. The van der Waals surface area contributed by atoms with E-state index in [0.717, 1.165) is 6.42 Å². The van der Waals surface area contributed by atoms with E-state index >= 15 is 0 Å². The van der Waals surface area contributed by atoms with Crippen molar-refractivity contribution in [3.8, 4) is 0 Å². The largest absolute Gasteiger partial charge is 0.389 e. The van der Waals surface area contributed by atoms with Crippen LogP contribution in [0.1, 0.15) is 45.8 Å². The standard InChI is InChI=1S/C16H25NO3S/c1-12(18)13-6-5-7-15(10-13)21(19,20)17-9-8-14(11-17)16(2,3)4/h5-7,10,12,14,18H,8-9,11H2,1-4H3. The maximum Gasteiger partial charge on any atom is 0.243 e. The molecule has 1 heterocycles. The van der Waals surface area contributed by atoms with Gasteiger partial charge in [-0.2, -0.15) is 4.31 Å². The Bertz CT molecular complexity index is 602. The summed E-state index contributed by atoms with van der Waals surface area (Å²) in [4.78, 5) is 0.274. The van der Waals surface area contributed by atoms with Crippen LogP contribution in [0.5, 0.6) is 0 Å². The van der Waals surface area contributed by atoms with Gasteiger partial charge < -0.3 is 5.11 Å². The molecule has 21 heavy (non-hydrogen) atoms. The lowest BCUT2D eigenvalue weighted by Gasteiger charge is -2.27. The Labute approximate surface area is 127 Å². The first-order valence-electron chi connectivity index (χ1n) is 7.40. The third kappa shape index (κ3) is 3.47. The van der Waals surface area contributed by atoms with Crippen LogP contribution in [0.2, 0.25) is 0 Å². The second-order valence-electron chi connectivity index (χ2n) is 6.96. The number of rotatable bonds is 3. The Morgan fingerprint density at radius 3 is 2.52 bits per heavy atom. The van der Waals surface area contributed by atoms with E-state index in [-0.39, 0.29) is 10.3 Å². The molecule has 1 aromatic rings. The maximum absolute atomic E-state index is 12.7. The molecule has 4 nitrogen and oxygen atoms in total. The molecule has 0 radical (unpaired) electrons. The van der Waals surface area contributed by atoms with Gasteiger partial charge in [-0.15, -0.1) is 0 Å². The first-order valence-corrected chi connectivity index (χ1v) is 8.84. The van der Waals surface area contributed by atoms with Crippen LogP contribution in [0.3, 0.4) is 0 Å². The number of aliphatic hydroxyl groups excluding tert-OH is 1. The maximum atomic E-state index is 12.7. The summed E-state index contributed by atoms with van der Waals surface area (Å²) in [5, 5.41) is 9.62. The van der Waals surface area contributed by atoms with E-state index in [1.54, 1.807) is 35.5 Å². The number of hydrogen-bond donors (Lipinski definition) is 1. The molecule has 1 saturated heterocycles. The minimum absolute atomic E-state index is 0.117. The van der Waals surface area contributed by atoms with Gasteiger partial charge in [0.05, 0.1) is 11.0 Å². The van der Waals surface area contributed by atoms with E-state index in [0.29, 0.717) is 24.6 Å².